The highest BCUT2D eigenvalue weighted by Crippen LogP contribution is 2.44. The van der Waals surface area contributed by atoms with Gasteiger partial charge in [0.2, 0.25) is 5.91 Å². The summed E-state index contributed by atoms with van der Waals surface area (Å²) < 4.78 is 5.40. The lowest BCUT2D eigenvalue weighted by molar-refractivity contribution is -0.140. The van der Waals surface area contributed by atoms with Crippen LogP contribution in [0, 0.1) is 12.3 Å². The van der Waals surface area contributed by atoms with Gasteiger partial charge < -0.3 is 20.5 Å². The Kier molecular flexibility index (Phi) is 6.30. The van der Waals surface area contributed by atoms with Crippen LogP contribution in [0.5, 0.6) is 0 Å². The fraction of sp³-hybridized carbons (Fsp3) is 0.292. The second-order valence-electron chi connectivity index (χ2n) is 7.88. The van der Waals surface area contributed by atoms with Gasteiger partial charge >= 0.3 is 12.1 Å². The molecule has 2 aromatic carbocycles. The van der Waals surface area contributed by atoms with Gasteiger partial charge in [0.15, 0.2) is 0 Å². The molecule has 1 atom stereocenters. The molecule has 3 rings (SSSR count). The maximum absolute atomic E-state index is 12.4. The molecule has 2 amide bonds. The summed E-state index contributed by atoms with van der Waals surface area (Å²) in [5, 5.41) is 14.0. The first kappa shape index (κ1) is 21.9. The normalized spacial score (nSPS) is 13.3. The molecule has 31 heavy (non-hydrogen) atoms. The highest BCUT2D eigenvalue weighted by Gasteiger charge is 2.31. The summed E-state index contributed by atoms with van der Waals surface area (Å²) in [5.41, 5.74) is 3.29. The van der Waals surface area contributed by atoms with Crippen molar-refractivity contribution in [1.82, 2.24) is 10.6 Å². The molecule has 7 heteroatoms. The van der Waals surface area contributed by atoms with Crippen molar-refractivity contribution in [3.8, 4) is 23.5 Å². The van der Waals surface area contributed by atoms with E-state index in [1.807, 2.05) is 48.5 Å². The van der Waals surface area contributed by atoms with E-state index in [1.54, 1.807) is 13.8 Å². The molecule has 0 fully saturated rings. The summed E-state index contributed by atoms with van der Waals surface area (Å²) in [7, 11) is 0. The fourth-order valence-electron chi connectivity index (χ4n) is 3.60. The van der Waals surface area contributed by atoms with Crippen molar-refractivity contribution in [2.75, 3.05) is 6.61 Å². The van der Waals surface area contributed by atoms with E-state index in [4.69, 9.17) is 16.3 Å². The molecular formula is C24H24N2O5. The average Bonchev–Trinajstić information content (AvgIpc) is 3.05. The Bertz CT molecular complexity index is 1010. The first-order chi connectivity index (χ1) is 14.7. The molecule has 0 saturated heterocycles. The van der Waals surface area contributed by atoms with Crippen LogP contribution in [0.4, 0.5) is 4.79 Å². The number of rotatable bonds is 7. The van der Waals surface area contributed by atoms with Gasteiger partial charge in [0.1, 0.15) is 12.6 Å². The number of carboxylic acids is 1. The van der Waals surface area contributed by atoms with Crippen molar-refractivity contribution in [2.45, 2.75) is 37.8 Å². The third kappa shape index (κ3) is 5.04. The van der Waals surface area contributed by atoms with Gasteiger partial charge in [0, 0.05) is 5.92 Å². The molecule has 7 nitrogen and oxygen atoms in total. The number of ether oxygens (including phenoxy) is 1. The summed E-state index contributed by atoms with van der Waals surface area (Å²) in [6.45, 7) is 3.24. The first-order valence-electron chi connectivity index (χ1n) is 9.85. The quantitative estimate of drug-likeness (QED) is 0.598. The minimum atomic E-state index is -1.32. The molecule has 0 heterocycles. The molecule has 0 radical (unpaired) electrons. The summed E-state index contributed by atoms with van der Waals surface area (Å²) in [5.74, 6) is 0.310. The smallest absolute Gasteiger partial charge is 0.407 e. The predicted molar refractivity (Wildman–Crippen MR) is 115 cm³/mol. The van der Waals surface area contributed by atoms with Gasteiger partial charge in [-0.3, -0.25) is 9.59 Å². The van der Waals surface area contributed by atoms with Crippen molar-refractivity contribution in [2.24, 2.45) is 0 Å². The van der Waals surface area contributed by atoms with Gasteiger partial charge in [-0.15, -0.1) is 6.42 Å². The zero-order valence-corrected chi connectivity index (χ0v) is 17.3. The number of carbonyl (C=O) groups excluding carboxylic acids is 2. The van der Waals surface area contributed by atoms with Crippen LogP contribution in [0.1, 0.15) is 37.3 Å². The second-order valence-corrected chi connectivity index (χ2v) is 7.88. The SMILES string of the molecule is C#CC(C)(C)NC(=O)C(CC(=O)O)NC(=O)OCC1c2ccccc2-c2ccccc21. The number of aliphatic carboxylic acids is 1. The van der Waals surface area contributed by atoms with Crippen LogP contribution in [0.15, 0.2) is 48.5 Å². The van der Waals surface area contributed by atoms with Crippen LogP contribution in [0.2, 0.25) is 0 Å². The molecule has 3 N–H and O–H groups in total. The molecule has 0 saturated carbocycles. The molecule has 0 aliphatic heterocycles. The maximum Gasteiger partial charge on any atom is 0.407 e. The Balaban J connectivity index is 1.69. The number of hydrogen-bond donors (Lipinski definition) is 3. The molecule has 2 aromatic rings. The van der Waals surface area contributed by atoms with Gasteiger partial charge in [0.05, 0.1) is 12.0 Å². The van der Waals surface area contributed by atoms with Crippen LogP contribution in [-0.2, 0) is 14.3 Å². The number of carboxylic acid groups (broad SMARTS) is 1. The zero-order chi connectivity index (χ0) is 22.6. The van der Waals surface area contributed by atoms with E-state index >= 15 is 0 Å². The van der Waals surface area contributed by atoms with Crippen LogP contribution in [0.25, 0.3) is 11.1 Å². The Labute approximate surface area is 180 Å². The molecular weight excluding hydrogens is 396 g/mol. The number of nitrogens with one attached hydrogen (secondary N) is 2. The van der Waals surface area contributed by atoms with E-state index in [1.165, 1.54) is 0 Å². The number of fused-ring (bicyclic) bond motifs is 3. The van der Waals surface area contributed by atoms with Gasteiger partial charge in [-0.2, -0.15) is 0 Å². The topological polar surface area (TPSA) is 105 Å². The summed E-state index contributed by atoms with van der Waals surface area (Å²) in [4.78, 5) is 36.0. The number of benzene rings is 2. The van der Waals surface area contributed by atoms with E-state index < -0.39 is 36.0 Å². The highest BCUT2D eigenvalue weighted by atomic mass is 16.5. The van der Waals surface area contributed by atoms with Crippen molar-refractivity contribution in [3.63, 3.8) is 0 Å². The monoisotopic (exact) mass is 420 g/mol. The third-order valence-corrected chi connectivity index (χ3v) is 5.13. The Morgan fingerprint density at radius 3 is 2.16 bits per heavy atom. The standard InChI is InChI=1S/C24H24N2O5/c1-4-24(2,3)26-22(29)20(13-21(27)28)25-23(30)31-14-19-17-11-7-5-9-15(17)16-10-6-8-12-18(16)19/h1,5-12,19-20H,13-14H2,2-3H3,(H,25,30)(H,26,29)(H,27,28). The van der Waals surface area contributed by atoms with Gasteiger partial charge in [-0.05, 0) is 36.1 Å². The summed E-state index contributed by atoms with van der Waals surface area (Å²) in [6, 6.07) is 14.5. The Morgan fingerprint density at radius 1 is 1.10 bits per heavy atom. The molecule has 160 valence electrons. The molecule has 1 aliphatic carbocycles. The van der Waals surface area contributed by atoms with Gasteiger partial charge in [0.25, 0.3) is 0 Å². The Morgan fingerprint density at radius 2 is 1.65 bits per heavy atom. The van der Waals surface area contributed by atoms with Crippen LogP contribution >= 0.6 is 0 Å². The van der Waals surface area contributed by atoms with Gasteiger partial charge in [-0.1, -0.05) is 54.5 Å². The van der Waals surface area contributed by atoms with E-state index in [0.717, 1.165) is 22.3 Å². The van der Waals surface area contributed by atoms with Crippen molar-refractivity contribution in [3.05, 3.63) is 59.7 Å². The first-order valence-corrected chi connectivity index (χ1v) is 9.85. The minimum Gasteiger partial charge on any atom is -0.481 e. The largest absolute Gasteiger partial charge is 0.481 e. The lowest BCUT2D eigenvalue weighted by Gasteiger charge is -2.24. The third-order valence-electron chi connectivity index (χ3n) is 5.13. The van der Waals surface area contributed by atoms with Crippen molar-refractivity contribution < 1.29 is 24.2 Å². The molecule has 1 aliphatic rings. The number of hydrogen-bond acceptors (Lipinski definition) is 4. The van der Waals surface area contributed by atoms with E-state index in [2.05, 4.69) is 16.6 Å². The van der Waals surface area contributed by atoms with E-state index in [9.17, 15) is 14.4 Å². The number of carbonyl (C=O) groups is 3. The zero-order valence-electron chi connectivity index (χ0n) is 17.3. The van der Waals surface area contributed by atoms with Crippen molar-refractivity contribution >= 4 is 18.0 Å². The molecule has 0 bridgehead atoms. The minimum absolute atomic E-state index is 0.0527. The summed E-state index contributed by atoms with van der Waals surface area (Å²) in [6.07, 6.45) is 3.89. The molecule has 1 unspecified atom stereocenters. The fourth-order valence-corrected chi connectivity index (χ4v) is 3.60. The van der Waals surface area contributed by atoms with Crippen molar-refractivity contribution in [1.29, 1.82) is 0 Å². The number of amides is 2. The Hall–Kier alpha value is -3.79. The lowest BCUT2D eigenvalue weighted by Crippen LogP contribution is -2.53. The molecule has 0 spiro atoms. The number of alkyl carbamates (subject to hydrolysis) is 1. The number of terminal acetylenes is 1. The van der Waals surface area contributed by atoms with E-state index in [-0.39, 0.29) is 12.5 Å². The van der Waals surface area contributed by atoms with Crippen LogP contribution < -0.4 is 10.6 Å². The summed E-state index contributed by atoms with van der Waals surface area (Å²) >= 11 is 0. The second kappa shape index (κ2) is 8.92. The maximum atomic E-state index is 12.4. The predicted octanol–water partition coefficient (Wildman–Crippen LogP) is 2.90. The van der Waals surface area contributed by atoms with Crippen LogP contribution in [-0.4, -0.2) is 41.3 Å². The average molecular weight is 420 g/mol. The molecule has 0 aromatic heterocycles. The van der Waals surface area contributed by atoms with Crippen LogP contribution in [0.3, 0.4) is 0 Å². The van der Waals surface area contributed by atoms with Gasteiger partial charge in [-0.25, -0.2) is 4.79 Å². The van der Waals surface area contributed by atoms with E-state index in [0.29, 0.717) is 0 Å². The lowest BCUT2D eigenvalue weighted by atomic mass is 9.98. The highest BCUT2D eigenvalue weighted by molar-refractivity contribution is 5.90.